The number of benzene rings is 2. The summed E-state index contributed by atoms with van der Waals surface area (Å²) in [5, 5.41) is 15.7. The Morgan fingerprint density at radius 2 is 1.86 bits per heavy atom. The fourth-order valence-electron chi connectivity index (χ4n) is 2.28. The third-order valence-corrected chi connectivity index (χ3v) is 3.28. The molecule has 0 amide bonds. The number of aromatic amines is 1. The van der Waals surface area contributed by atoms with Crippen molar-refractivity contribution in [2.45, 2.75) is 6.18 Å². The van der Waals surface area contributed by atoms with Gasteiger partial charge in [0.1, 0.15) is 5.82 Å². The standard InChI is InChI=1S/C15H7F4N3/c16-10-1-2-11(8(3-10)6-20)12-4-9(15(17,18)19)5-14-13(12)7-21-22-14/h1-5,7H,(H,21,22). The topological polar surface area (TPSA) is 52.5 Å². The molecule has 0 unspecified atom stereocenters. The summed E-state index contributed by atoms with van der Waals surface area (Å²) >= 11 is 0. The third kappa shape index (κ3) is 2.29. The summed E-state index contributed by atoms with van der Waals surface area (Å²) in [6.45, 7) is 0. The summed E-state index contributed by atoms with van der Waals surface area (Å²) in [4.78, 5) is 0. The van der Waals surface area contributed by atoms with Crippen molar-refractivity contribution in [1.29, 1.82) is 5.26 Å². The summed E-state index contributed by atoms with van der Waals surface area (Å²) < 4.78 is 52.2. The van der Waals surface area contributed by atoms with E-state index in [1.54, 1.807) is 6.07 Å². The van der Waals surface area contributed by atoms with E-state index in [4.69, 9.17) is 5.26 Å². The van der Waals surface area contributed by atoms with Crippen molar-refractivity contribution in [3.8, 4) is 17.2 Å². The van der Waals surface area contributed by atoms with Crippen LogP contribution < -0.4 is 0 Å². The lowest BCUT2D eigenvalue weighted by molar-refractivity contribution is -0.137. The number of alkyl halides is 3. The van der Waals surface area contributed by atoms with Gasteiger partial charge in [0.25, 0.3) is 0 Å². The molecule has 0 atom stereocenters. The van der Waals surface area contributed by atoms with Crippen LogP contribution in [0.5, 0.6) is 0 Å². The highest BCUT2D eigenvalue weighted by Gasteiger charge is 2.32. The van der Waals surface area contributed by atoms with Crippen molar-refractivity contribution in [3.05, 3.63) is 53.5 Å². The van der Waals surface area contributed by atoms with Crippen molar-refractivity contribution in [2.24, 2.45) is 0 Å². The molecule has 0 radical (unpaired) electrons. The summed E-state index contributed by atoms with van der Waals surface area (Å²) in [5.74, 6) is -0.629. The molecule has 0 aliphatic carbocycles. The Labute approximate surface area is 121 Å². The fraction of sp³-hybridized carbons (Fsp3) is 0.0667. The lowest BCUT2D eigenvalue weighted by Crippen LogP contribution is -2.05. The zero-order chi connectivity index (χ0) is 15.9. The fourth-order valence-corrected chi connectivity index (χ4v) is 2.28. The zero-order valence-electron chi connectivity index (χ0n) is 10.9. The monoisotopic (exact) mass is 305 g/mol. The highest BCUT2D eigenvalue weighted by atomic mass is 19.4. The number of nitrogens with zero attached hydrogens (tertiary/aromatic N) is 2. The summed E-state index contributed by atoms with van der Waals surface area (Å²) in [6, 6.07) is 7.06. The number of halogens is 4. The molecule has 7 heteroatoms. The number of nitriles is 1. The molecule has 3 aromatic rings. The van der Waals surface area contributed by atoms with Gasteiger partial charge in [0, 0.05) is 10.9 Å². The first-order valence-electron chi connectivity index (χ1n) is 6.14. The molecule has 0 aliphatic rings. The lowest BCUT2D eigenvalue weighted by Gasteiger charge is -2.11. The van der Waals surface area contributed by atoms with Crippen LogP contribution in [0.4, 0.5) is 17.6 Å². The van der Waals surface area contributed by atoms with Crippen LogP contribution in [0.25, 0.3) is 22.0 Å². The van der Waals surface area contributed by atoms with E-state index in [0.717, 1.165) is 24.3 Å². The SMILES string of the molecule is N#Cc1cc(F)ccc1-c1cc(C(F)(F)F)cc2[nH]ncc12. The smallest absolute Gasteiger partial charge is 0.278 e. The van der Waals surface area contributed by atoms with Crippen LogP contribution >= 0.6 is 0 Å². The molecule has 1 aromatic heterocycles. The Kier molecular flexibility index (Phi) is 3.10. The molecule has 0 aliphatic heterocycles. The molecule has 1 N–H and O–H groups in total. The number of rotatable bonds is 1. The lowest BCUT2D eigenvalue weighted by atomic mass is 9.95. The van der Waals surface area contributed by atoms with Crippen LogP contribution in [0, 0.1) is 17.1 Å². The largest absolute Gasteiger partial charge is 0.416 e. The maximum absolute atomic E-state index is 13.2. The quantitative estimate of drug-likeness (QED) is 0.683. The number of nitrogens with one attached hydrogen (secondary N) is 1. The van der Waals surface area contributed by atoms with Gasteiger partial charge in [-0.05, 0) is 29.8 Å². The molecule has 22 heavy (non-hydrogen) atoms. The second-order valence-corrected chi connectivity index (χ2v) is 4.65. The highest BCUT2D eigenvalue weighted by molar-refractivity contribution is 5.96. The molecule has 0 spiro atoms. The van der Waals surface area contributed by atoms with Gasteiger partial charge in [-0.1, -0.05) is 6.07 Å². The Bertz CT molecular complexity index is 903. The van der Waals surface area contributed by atoms with E-state index in [-0.39, 0.29) is 22.2 Å². The second-order valence-electron chi connectivity index (χ2n) is 4.65. The Morgan fingerprint density at radius 1 is 1.09 bits per heavy atom. The molecule has 1 heterocycles. The van der Waals surface area contributed by atoms with Crippen molar-refractivity contribution in [1.82, 2.24) is 10.2 Å². The number of aromatic nitrogens is 2. The molecular weight excluding hydrogens is 298 g/mol. The van der Waals surface area contributed by atoms with E-state index in [1.807, 2.05) is 0 Å². The summed E-state index contributed by atoms with van der Waals surface area (Å²) in [5.41, 5.74) is -0.316. The van der Waals surface area contributed by atoms with Crippen LogP contribution in [0.1, 0.15) is 11.1 Å². The van der Waals surface area contributed by atoms with Gasteiger partial charge in [-0.3, -0.25) is 5.10 Å². The number of H-pyrrole nitrogens is 1. The van der Waals surface area contributed by atoms with Crippen LogP contribution in [-0.2, 0) is 6.18 Å². The Hall–Kier alpha value is -2.88. The summed E-state index contributed by atoms with van der Waals surface area (Å²) in [6.07, 6.45) is -3.17. The van der Waals surface area contributed by atoms with Crippen LogP contribution in [0.15, 0.2) is 36.5 Å². The van der Waals surface area contributed by atoms with E-state index in [2.05, 4.69) is 10.2 Å². The minimum absolute atomic E-state index is 0.0400. The van der Waals surface area contributed by atoms with E-state index in [1.165, 1.54) is 12.3 Å². The van der Waals surface area contributed by atoms with Crippen molar-refractivity contribution < 1.29 is 17.6 Å². The Balaban J connectivity index is 2.35. The number of hydrogen-bond donors (Lipinski definition) is 1. The van der Waals surface area contributed by atoms with Crippen molar-refractivity contribution >= 4 is 10.9 Å². The zero-order valence-corrected chi connectivity index (χ0v) is 10.9. The van der Waals surface area contributed by atoms with Gasteiger partial charge in [-0.2, -0.15) is 23.5 Å². The van der Waals surface area contributed by atoms with Gasteiger partial charge in [0.15, 0.2) is 0 Å². The molecule has 2 aromatic carbocycles. The van der Waals surface area contributed by atoms with Gasteiger partial charge in [-0.25, -0.2) is 4.39 Å². The van der Waals surface area contributed by atoms with Crippen LogP contribution in [0.2, 0.25) is 0 Å². The molecule has 3 rings (SSSR count). The minimum Gasteiger partial charge on any atom is -0.278 e. The maximum atomic E-state index is 13.2. The van der Waals surface area contributed by atoms with E-state index in [9.17, 15) is 17.6 Å². The first kappa shape index (κ1) is 14.1. The van der Waals surface area contributed by atoms with Crippen molar-refractivity contribution in [2.75, 3.05) is 0 Å². The maximum Gasteiger partial charge on any atom is 0.416 e. The highest BCUT2D eigenvalue weighted by Crippen LogP contribution is 2.37. The molecule has 0 bridgehead atoms. The van der Waals surface area contributed by atoms with E-state index < -0.39 is 17.6 Å². The predicted molar refractivity (Wildman–Crippen MR) is 71.2 cm³/mol. The first-order chi connectivity index (χ1) is 10.4. The first-order valence-corrected chi connectivity index (χ1v) is 6.14. The minimum atomic E-state index is -4.54. The molecule has 110 valence electrons. The average molecular weight is 305 g/mol. The van der Waals surface area contributed by atoms with Gasteiger partial charge < -0.3 is 0 Å². The summed E-state index contributed by atoms with van der Waals surface area (Å²) in [7, 11) is 0. The van der Waals surface area contributed by atoms with Crippen LogP contribution in [-0.4, -0.2) is 10.2 Å². The third-order valence-electron chi connectivity index (χ3n) is 3.28. The Morgan fingerprint density at radius 3 is 2.55 bits per heavy atom. The number of hydrogen-bond acceptors (Lipinski definition) is 2. The molecule has 0 fully saturated rings. The number of fused-ring (bicyclic) bond motifs is 1. The molecule has 3 nitrogen and oxygen atoms in total. The van der Waals surface area contributed by atoms with E-state index >= 15 is 0 Å². The van der Waals surface area contributed by atoms with E-state index in [0.29, 0.717) is 5.39 Å². The van der Waals surface area contributed by atoms with Crippen LogP contribution in [0.3, 0.4) is 0 Å². The van der Waals surface area contributed by atoms with Gasteiger partial charge in [0.2, 0.25) is 0 Å². The molecule has 0 saturated heterocycles. The normalized spacial score (nSPS) is 11.6. The van der Waals surface area contributed by atoms with Gasteiger partial charge in [-0.15, -0.1) is 0 Å². The van der Waals surface area contributed by atoms with Crippen molar-refractivity contribution in [3.63, 3.8) is 0 Å². The van der Waals surface area contributed by atoms with Gasteiger partial charge in [0.05, 0.1) is 28.9 Å². The average Bonchev–Trinajstić information content (AvgIpc) is 2.93. The molecule has 0 saturated carbocycles. The van der Waals surface area contributed by atoms with Gasteiger partial charge >= 0.3 is 6.18 Å². The predicted octanol–water partition coefficient (Wildman–Crippen LogP) is 4.26. The molecular formula is C15H7F4N3. The second kappa shape index (κ2) is 4.84.